The molecule has 4 N–H and O–H groups in total. The van der Waals surface area contributed by atoms with Gasteiger partial charge in [-0.2, -0.15) is 0 Å². The topological polar surface area (TPSA) is 149 Å². The van der Waals surface area contributed by atoms with Crippen molar-refractivity contribution in [3.05, 3.63) is 83.4 Å². The molecular formula is C18H12F4N2O6. The lowest BCUT2D eigenvalue weighted by molar-refractivity contribution is -0.379. The maximum atomic E-state index is 12.8. The van der Waals surface area contributed by atoms with E-state index in [0.717, 1.165) is 0 Å². The van der Waals surface area contributed by atoms with Gasteiger partial charge in [0.25, 0.3) is 0 Å². The van der Waals surface area contributed by atoms with E-state index in [1.807, 2.05) is 0 Å². The van der Waals surface area contributed by atoms with Crippen molar-refractivity contribution in [1.82, 2.24) is 0 Å². The summed E-state index contributed by atoms with van der Waals surface area (Å²) in [6.07, 6.45) is 6.50. The van der Waals surface area contributed by atoms with Gasteiger partial charge in [0.05, 0.1) is 23.1 Å². The van der Waals surface area contributed by atoms with Crippen LogP contribution in [0.2, 0.25) is 0 Å². The molecule has 0 fully saturated rings. The van der Waals surface area contributed by atoms with Crippen molar-refractivity contribution in [3.8, 4) is 11.5 Å². The molecule has 0 aliphatic heterocycles. The number of carbonyl (C=O) groups is 2. The minimum atomic E-state index is -2.52. The lowest BCUT2D eigenvalue weighted by Crippen LogP contribution is -2.30. The van der Waals surface area contributed by atoms with Crippen LogP contribution in [0.1, 0.15) is 20.7 Å². The maximum absolute atomic E-state index is 12.8. The normalized spacial score (nSPS) is 9.47. The van der Waals surface area contributed by atoms with Crippen LogP contribution in [0.5, 0.6) is 11.5 Å². The Morgan fingerprint density at radius 2 is 1.00 bits per heavy atom. The van der Waals surface area contributed by atoms with E-state index < -0.39 is 46.3 Å². The number of pyridine rings is 2. The monoisotopic (exact) mass is 428 g/mol. The Labute approximate surface area is 165 Å². The molecule has 8 nitrogen and oxygen atoms in total. The number of benzene rings is 1. The molecule has 0 amide bonds. The number of hydrogen-bond donors (Lipinski definition) is 2. The first-order valence-corrected chi connectivity index (χ1v) is 7.66. The molecule has 158 valence electrons. The first-order chi connectivity index (χ1) is 14.1. The zero-order valence-electron chi connectivity index (χ0n) is 14.7. The third-order valence-electron chi connectivity index (χ3n) is 3.05. The van der Waals surface area contributed by atoms with E-state index in [4.69, 9.17) is 10.2 Å². The van der Waals surface area contributed by atoms with Gasteiger partial charge in [0, 0.05) is 12.1 Å². The van der Waals surface area contributed by atoms with Gasteiger partial charge in [-0.25, -0.2) is 27.5 Å². The standard InChI is InChI=1S/C8H2F4O4.2C5H5NO/c9-3-1(7(13)14)4(10)6(12)2(5(3)11)8(15)16;2*7-5-2-1-3-6-4-5/h(H,13,14)(H,15,16);2*1-4,7H. The van der Waals surface area contributed by atoms with Crippen LogP contribution in [0.4, 0.5) is 17.6 Å². The summed E-state index contributed by atoms with van der Waals surface area (Å²) in [7, 11) is 0. The van der Waals surface area contributed by atoms with Crippen molar-refractivity contribution in [1.29, 1.82) is 0 Å². The summed E-state index contributed by atoms with van der Waals surface area (Å²) in [5.74, 6) is -14.0. The molecule has 0 atom stereocenters. The number of carboxylic acids is 2. The van der Waals surface area contributed by atoms with Crippen molar-refractivity contribution in [2.24, 2.45) is 0 Å². The number of carbonyl (C=O) groups excluding carboxylic acids is 2. The molecule has 30 heavy (non-hydrogen) atoms. The smallest absolute Gasteiger partial charge is 0.209 e. The zero-order valence-corrected chi connectivity index (χ0v) is 14.7. The second-order valence-corrected chi connectivity index (χ2v) is 5.10. The molecule has 0 spiro atoms. The fraction of sp³-hybridized carbons (Fsp3) is 0. The molecule has 0 bridgehead atoms. The fourth-order valence-electron chi connectivity index (χ4n) is 1.76. The first-order valence-electron chi connectivity index (χ1n) is 7.66. The summed E-state index contributed by atoms with van der Waals surface area (Å²) in [6, 6.07) is 6.68. The van der Waals surface area contributed by atoms with Crippen molar-refractivity contribution in [2.45, 2.75) is 0 Å². The van der Waals surface area contributed by atoms with Gasteiger partial charge in [-0.3, -0.25) is 0 Å². The number of aromatic nitrogens is 2. The van der Waals surface area contributed by atoms with Crippen LogP contribution >= 0.6 is 0 Å². The third-order valence-corrected chi connectivity index (χ3v) is 3.05. The van der Waals surface area contributed by atoms with E-state index in [1.165, 1.54) is 12.4 Å². The number of aromatic amines is 2. The molecule has 1 aromatic carbocycles. The lowest BCUT2D eigenvalue weighted by atomic mass is 10.1. The first kappa shape index (κ1) is 23.8. The maximum Gasteiger partial charge on any atom is 0.209 e. The van der Waals surface area contributed by atoms with E-state index in [0.29, 0.717) is 0 Å². The number of rotatable bonds is 2. The molecule has 0 saturated carbocycles. The molecular weight excluding hydrogens is 416 g/mol. The van der Waals surface area contributed by atoms with Crippen molar-refractivity contribution >= 4 is 11.9 Å². The Morgan fingerprint density at radius 3 is 1.13 bits per heavy atom. The highest BCUT2D eigenvalue weighted by Crippen LogP contribution is 2.23. The molecule has 0 unspecified atom stereocenters. The van der Waals surface area contributed by atoms with Gasteiger partial charge in [-0.1, -0.05) is 0 Å². The number of H-pyrrole nitrogens is 2. The van der Waals surface area contributed by atoms with Gasteiger partial charge < -0.3 is 30.0 Å². The largest absolute Gasteiger partial charge is 0.545 e. The summed E-state index contributed by atoms with van der Waals surface area (Å²) >= 11 is 0. The average Bonchev–Trinajstić information content (AvgIpc) is 2.68. The van der Waals surface area contributed by atoms with Crippen molar-refractivity contribution < 1.29 is 57.5 Å². The Morgan fingerprint density at radius 1 is 0.700 bits per heavy atom. The van der Waals surface area contributed by atoms with Gasteiger partial charge in [-0.15, -0.1) is 0 Å². The van der Waals surface area contributed by atoms with Crippen LogP contribution in [-0.2, 0) is 0 Å². The van der Waals surface area contributed by atoms with Crippen LogP contribution in [0.3, 0.4) is 0 Å². The third kappa shape index (κ3) is 6.44. The number of hydrogen-bond acceptors (Lipinski definition) is 6. The van der Waals surface area contributed by atoms with Gasteiger partial charge >= 0.3 is 0 Å². The van der Waals surface area contributed by atoms with Gasteiger partial charge in [0.15, 0.2) is 47.2 Å². The minimum absolute atomic E-state index is 0.266. The lowest BCUT2D eigenvalue weighted by Gasteiger charge is -2.12. The van der Waals surface area contributed by atoms with Crippen LogP contribution < -0.4 is 20.2 Å². The summed E-state index contributed by atoms with van der Waals surface area (Å²) in [5.41, 5.74) is -4.03. The molecule has 12 heteroatoms. The number of nitrogens with one attached hydrogen (secondary N) is 2. The molecule has 0 radical (unpaired) electrons. The van der Waals surface area contributed by atoms with E-state index >= 15 is 0 Å². The highest BCUT2D eigenvalue weighted by atomic mass is 19.2. The highest BCUT2D eigenvalue weighted by molar-refractivity contribution is 5.91. The number of aromatic carboxylic acids is 2. The Hall–Kier alpha value is -4.22. The molecule has 0 aliphatic carbocycles. The molecule has 3 rings (SSSR count). The van der Waals surface area contributed by atoms with E-state index in [2.05, 4.69) is 9.97 Å². The van der Waals surface area contributed by atoms with Crippen molar-refractivity contribution in [3.63, 3.8) is 0 Å². The predicted molar refractivity (Wildman–Crippen MR) is 84.3 cm³/mol. The Bertz CT molecular complexity index is 909. The second-order valence-electron chi connectivity index (χ2n) is 5.10. The van der Waals surface area contributed by atoms with Crippen LogP contribution in [0, 0.1) is 23.3 Å². The number of halogens is 4. The van der Waals surface area contributed by atoms with Gasteiger partial charge in [-0.05, 0) is 12.1 Å². The van der Waals surface area contributed by atoms with E-state index in [1.54, 1.807) is 36.7 Å². The van der Waals surface area contributed by atoms with E-state index in [-0.39, 0.29) is 11.5 Å². The zero-order chi connectivity index (χ0) is 22.8. The molecule has 0 aliphatic rings. The second kappa shape index (κ2) is 10.9. The predicted octanol–water partition coefficient (Wildman–Crippen LogP) is -0.617. The van der Waals surface area contributed by atoms with Crippen LogP contribution in [-0.4, -0.2) is 22.2 Å². The number of aromatic hydroxyl groups is 2. The number of carboxylic acid groups (broad SMARTS) is 2. The summed E-state index contributed by atoms with van der Waals surface area (Å²) in [4.78, 5) is 25.7. The van der Waals surface area contributed by atoms with Crippen LogP contribution in [0.25, 0.3) is 0 Å². The Kier molecular flexibility index (Phi) is 8.69. The molecule has 2 heterocycles. The quantitative estimate of drug-likeness (QED) is 0.411. The van der Waals surface area contributed by atoms with Gasteiger partial charge in [0.2, 0.25) is 12.4 Å². The fourth-order valence-corrected chi connectivity index (χ4v) is 1.76. The minimum Gasteiger partial charge on any atom is -0.545 e. The summed E-state index contributed by atoms with van der Waals surface area (Å²) in [5, 5.41) is 37.5. The van der Waals surface area contributed by atoms with E-state index in [9.17, 15) is 37.4 Å². The summed E-state index contributed by atoms with van der Waals surface area (Å²) < 4.78 is 51.3. The molecule has 3 aromatic rings. The molecule has 0 saturated heterocycles. The average molecular weight is 428 g/mol. The highest BCUT2D eigenvalue weighted by Gasteiger charge is 2.26. The SMILES string of the molecule is O=C([O-])c1c(F)c(F)c(C(=O)[O-])c(F)c1F.Oc1ccc[nH+]c1.Oc1ccc[nH+]c1. The van der Waals surface area contributed by atoms with Gasteiger partial charge in [0.1, 0.15) is 0 Å². The molecule has 2 aromatic heterocycles. The van der Waals surface area contributed by atoms with Crippen LogP contribution in [0.15, 0.2) is 49.1 Å². The Balaban J connectivity index is 0.000000263. The van der Waals surface area contributed by atoms with Crippen molar-refractivity contribution in [2.75, 3.05) is 0 Å². The summed E-state index contributed by atoms with van der Waals surface area (Å²) in [6.45, 7) is 0.